The lowest BCUT2D eigenvalue weighted by Gasteiger charge is -2.49. The summed E-state index contributed by atoms with van der Waals surface area (Å²) in [4.78, 5) is 8.76. The summed E-state index contributed by atoms with van der Waals surface area (Å²) in [7, 11) is 0. The summed E-state index contributed by atoms with van der Waals surface area (Å²) >= 11 is 7.36. The predicted octanol–water partition coefficient (Wildman–Crippen LogP) is 2.95. The number of pyridine rings is 2. The van der Waals surface area contributed by atoms with Gasteiger partial charge in [0, 0.05) is 29.0 Å². The first-order valence-electron chi connectivity index (χ1n) is 8.98. The number of fused-ring (bicyclic) bond motifs is 1. The van der Waals surface area contributed by atoms with Crippen molar-refractivity contribution in [2.45, 2.75) is 34.7 Å². The molecule has 0 bridgehead atoms. The van der Waals surface area contributed by atoms with Gasteiger partial charge in [0.2, 0.25) is 5.95 Å². The highest BCUT2D eigenvalue weighted by molar-refractivity contribution is 7.99. The van der Waals surface area contributed by atoms with E-state index in [1.807, 2.05) is 0 Å². The molecule has 5 heterocycles. The van der Waals surface area contributed by atoms with Crippen LogP contribution in [0.25, 0.3) is 11.3 Å². The quantitative estimate of drug-likeness (QED) is 0.632. The van der Waals surface area contributed by atoms with Gasteiger partial charge in [0.1, 0.15) is 29.8 Å². The third-order valence-corrected chi connectivity index (χ3v) is 6.27. The topological polar surface area (TPSA) is 82.3 Å². The molecule has 3 aromatic heterocycles. The molecule has 0 spiro atoms. The van der Waals surface area contributed by atoms with Crippen LogP contribution in [-0.2, 0) is 9.47 Å². The molecule has 0 aliphatic carbocycles. The molecule has 3 aromatic rings. The summed E-state index contributed by atoms with van der Waals surface area (Å²) in [5, 5.41) is 15.9. The fourth-order valence-electron chi connectivity index (χ4n) is 3.53. The zero-order valence-electron chi connectivity index (χ0n) is 14.9. The molecule has 5 atom stereocenters. The molecular formula is C19H16ClFN4O3S. The zero-order chi connectivity index (χ0) is 20.0. The van der Waals surface area contributed by atoms with Crippen LogP contribution in [0.2, 0.25) is 5.02 Å². The standard InChI is InChI=1S/C19H16ClFN4O3S/c20-11-4-12(7-22-6-11)29-19-17(26)16(18-14(28-19)9-27-18)25-8-10(5-23-25)13-2-1-3-15(21)24-13/h1-8,14,16-19,26H,9H2. The number of rotatable bonds is 4. The van der Waals surface area contributed by atoms with Gasteiger partial charge in [-0.1, -0.05) is 29.4 Å². The van der Waals surface area contributed by atoms with E-state index in [0.29, 0.717) is 22.9 Å². The molecule has 0 radical (unpaired) electrons. The predicted molar refractivity (Wildman–Crippen MR) is 104 cm³/mol. The fraction of sp³-hybridized carbons (Fsp3) is 0.316. The van der Waals surface area contributed by atoms with Gasteiger partial charge >= 0.3 is 0 Å². The van der Waals surface area contributed by atoms with Crippen molar-refractivity contribution in [3.8, 4) is 11.3 Å². The molecule has 0 aromatic carbocycles. The van der Waals surface area contributed by atoms with Crippen molar-refractivity contribution in [3.63, 3.8) is 0 Å². The van der Waals surface area contributed by atoms with E-state index in [2.05, 4.69) is 15.1 Å². The van der Waals surface area contributed by atoms with Crippen molar-refractivity contribution in [1.82, 2.24) is 19.7 Å². The van der Waals surface area contributed by atoms with Crippen molar-refractivity contribution in [2.24, 2.45) is 0 Å². The molecule has 0 amide bonds. The van der Waals surface area contributed by atoms with E-state index in [-0.39, 0.29) is 12.2 Å². The molecule has 2 aliphatic heterocycles. The minimum Gasteiger partial charge on any atom is -0.387 e. The minimum atomic E-state index is -0.895. The number of aromatic nitrogens is 4. The summed E-state index contributed by atoms with van der Waals surface area (Å²) in [6.45, 7) is 0.457. The van der Waals surface area contributed by atoms with Crippen LogP contribution in [0.15, 0.2) is 53.9 Å². The average molecular weight is 435 g/mol. The van der Waals surface area contributed by atoms with Crippen LogP contribution >= 0.6 is 23.4 Å². The Labute approximate surface area is 174 Å². The van der Waals surface area contributed by atoms with Gasteiger partial charge in [0.15, 0.2) is 0 Å². The number of nitrogens with zero attached hydrogens (tertiary/aromatic N) is 4. The summed E-state index contributed by atoms with van der Waals surface area (Å²) in [5.74, 6) is -0.560. The Hall–Kier alpha value is -2.04. The Bertz CT molecular complexity index is 1040. The highest BCUT2D eigenvalue weighted by atomic mass is 35.5. The molecule has 1 N–H and O–H groups in total. The first-order valence-corrected chi connectivity index (χ1v) is 10.2. The number of halogens is 2. The van der Waals surface area contributed by atoms with Gasteiger partial charge in [-0.2, -0.15) is 9.49 Å². The normalized spacial score (nSPS) is 28.6. The molecule has 0 saturated carbocycles. The summed E-state index contributed by atoms with van der Waals surface area (Å²) in [6, 6.07) is 5.91. The number of thioether (sulfide) groups is 1. The Morgan fingerprint density at radius 2 is 2.17 bits per heavy atom. The van der Waals surface area contributed by atoms with Crippen LogP contribution < -0.4 is 0 Å². The van der Waals surface area contributed by atoms with Gasteiger partial charge in [-0.15, -0.1) is 0 Å². The van der Waals surface area contributed by atoms with Crippen molar-refractivity contribution in [1.29, 1.82) is 0 Å². The fourth-order valence-corrected chi connectivity index (χ4v) is 4.85. The average Bonchev–Trinajstić information content (AvgIpc) is 3.16. The van der Waals surface area contributed by atoms with Crippen molar-refractivity contribution in [2.75, 3.05) is 6.61 Å². The smallest absolute Gasteiger partial charge is 0.213 e. The molecule has 5 unspecified atom stereocenters. The van der Waals surface area contributed by atoms with E-state index >= 15 is 0 Å². The largest absolute Gasteiger partial charge is 0.387 e. The molecule has 150 valence electrons. The first kappa shape index (κ1) is 19.0. The Morgan fingerprint density at radius 3 is 2.93 bits per heavy atom. The van der Waals surface area contributed by atoms with Gasteiger partial charge in [0.05, 0.1) is 23.5 Å². The third-order valence-electron chi connectivity index (χ3n) is 4.94. The molecule has 2 fully saturated rings. The molecule has 10 heteroatoms. The Balaban J connectivity index is 1.41. The molecule has 2 saturated heterocycles. The second-order valence-corrected chi connectivity index (χ2v) is 8.44. The molecule has 5 rings (SSSR count). The van der Waals surface area contributed by atoms with Crippen molar-refractivity contribution >= 4 is 23.4 Å². The van der Waals surface area contributed by atoms with Gasteiger partial charge in [-0.05, 0) is 18.2 Å². The molecule has 2 aliphatic rings. The second kappa shape index (κ2) is 7.66. The maximum atomic E-state index is 13.5. The maximum absolute atomic E-state index is 13.5. The van der Waals surface area contributed by atoms with Gasteiger partial charge < -0.3 is 14.6 Å². The zero-order valence-corrected chi connectivity index (χ0v) is 16.5. The number of aliphatic hydroxyl groups is 1. The van der Waals surface area contributed by atoms with Crippen molar-refractivity contribution in [3.05, 3.63) is 60.0 Å². The number of ether oxygens (including phenoxy) is 2. The Kier molecular flexibility index (Phi) is 5.00. The maximum Gasteiger partial charge on any atom is 0.213 e. The molecular weight excluding hydrogens is 419 g/mol. The third kappa shape index (κ3) is 3.64. The van der Waals surface area contributed by atoms with Gasteiger partial charge in [0.25, 0.3) is 0 Å². The van der Waals surface area contributed by atoms with E-state index < -0.39 is 23.5 Å². The van der Waals surface area contributed by atoms with Crippen LogP contribution in [0, 0.1) is 5.95 Å². The van der Waals surface area contributed by atoms with Crippen LogP contribution in [0.3, 0.4) is 0 Å². The van der Waals surface area contributed by atoms with E-state index in [4.69, 9.17) is 21.1 Å². The van der Waals surface area contributed by atoms with Crippen LogP contribution in [0.4, 0.5) is 4.39 Å². The highest BCUT2D eigenvalue weighted by Crippen LogP contribution is 2.43. The van der Waals surface area contributed by atoms with Gasteiger partial charge in [-0.25, -0.2) is 4.98 Å². The molecule has 7 nitrogen and oxygen atoms in total. The monoisotopic (exact) mass is 434 g/mol. The van der Waals surface area contributed by atoms with Gasteiger partial charge in [-0.3, -0.25) is 9.67 Å². The first-order chi connectivity index (χ1) is 14.1. The highest BCUT2D eigenvalue weighted by Gasteiger charge is 2.52. The lowest BCUT2D eigenvalue weighted by Crippen LogP contribution is -2.62. The minimum absolute atomic E-state index is 0.145. The van der Waals surface area contributed by atoms with E-state index in [9.17, 15) is 9.50 Å². The number of aliphatic hydroxyl groups excluding tert-OH is 1. The lowest BCUT2D eigenvalue weighted by molar-refractivity contribution is -0.266. The van der Waals surface area contributed by atoms with Crippen LogP contribution in [-0.4, -0.2) is 55.2 Å². The summed E-state index contributed by atoms with van der Waals surface area (Å²) < 4.78 is 26.8. The van der Waals surface area contributed by atoms with Crippen LogP contribution in [0.5, 0.6) is 0 Å². The number of hydrogen-bond donors (Lipinski definition) is 1. The van der Waals surface area contributed by atoms with Crippen LogP contribution in [0.1, 0.15) is 6.04 Å². The van der Waals surface area contributed by atoms with E-state index in [0.717, 1.165) is 4.90 Å². The second-order valence-electron chi connectivity index (χ2n) is 6.83. The Morgan fingerprint density at radius 1 is 1.28 bits per heavy atom. The molecule has 29 heavy (non-hydrogen) atoms. The lowest BCUT2D eigenvalue weighted by atomic mass is 9.93. The van der Waals surface area contributed by atoms with E-state index in [1.165, 1.54) is 17.8 Å². The van der Waals surface area contributed by atoms with Crippen molar-refractivity contribution < 1.29 is 19.0 Å². The summed E-state index contributed by atoms with van der Waals surface area (Å²) in [5.41, 5.74) is 0.590. The number of hydrogen-bond acceptors (Lipinski definition) is 7. The summed E-state index contributed by atoms with van der Waals surface area (Å²) in [6.07, 6.45) is 5.21. The SMILES string of the molecule is OC1C(Sc2cncc(Cl)c2)OC2COC2C1n1cc(-c2cccc(F)n2)cn1. The van der Waals surface area contributed by atoms with E-state index in [1.54, 1.807) is 47.7 Å².